The quantitative estimate of drug-likeness (QED) is 0.734. The maximum atomic E-state index is 8.92. The molecule has 1 aromatic carbocycles. The molecule has 0 aliphatic rings. The van der Waals surface area contributed by atoms with Crippen molar-refractivity contribution >= 4 is 0 Å². The minimum Gasteiger partial charge on any atom is -0.392 e. The molecule has 0 aliphatic heterocycles. The summed E-state index contributed by atoms with van der Waals surface area (Å²) in [5.74, 6) is 0. The topological polar surface area (TPSA) is 50.1 Å². The maximum Gasteiger partial charge on any atom is 0.0946 e. The van der Waals surface area contributed by atoms with Crippen LogP contribution in [-0.2, 0) is 19.7 Å². The largest absolute Gasteiger partial charge is 0.392 e. The van der Waals surface area contributed by atoms with Crippen molar-refractivity contribution in [1.29, 1.82) is 0 Å². The summed E-state index contributed by atoms with van der Waals surface area (Å²) in [6.07, 6.45) is 5.56. The zero-order valence-electron chi connectivity index (χ0n) is 9.71. The number of imidazole rings is 1. The monoisotopic (exact) mass is 231 g/mol. The first kappa shape index (κ1) is 11.8. The van der Waals surface area contributed by atoms with Crippen molar-refractivity contribution in [2.45, 2.75) is 19.7 Å². The van der Waals surface area contributed by atoms with Gasteiger partial charge in [0.25, 0.3) is 0 Å². The second kappa shape index (κ2) is 6.18. The predicted molar refractivity (Wildman–Crippen MR) is 66.3 cm³/mol. The molecule has 0 bridgehead atoms. The van der Waals surface area contributed by atoms with Gasteiger partial charge in [-0.2, -0.15) is 0 Å². The molecular weight excluding hydrogens is 214 g/mol. The third-order valence-electron chi connectivity index (χ3n) is 2.64. The van der Waals surface area contributed by atoms with Gasteiger partial charge < -0.3 is 15.0 Å². The molecule has 17 heavy (non-hydrogen) atoms. The molecule has 0 spiro atoms. The van der Waals surface area contributed by atoms with E-state index in [0.717, 1.165) is 25.2 Å². The summed E-state index contributed by atoms with van der Waals surface area (Å²) in [4.78, 5) is 3.99. The summed E-state index contributed by atoms with van der Waals surface area (Å²) in [5.41, 5.74) is 2.18. The number of rotatable bonds is 6. The summed E-state index contributed by atoms with van der Waals surface area (Å²) in [6, 6.07) is 7.98. The number of aliphatic hydroxyl groups excluding tert-OH is 1. The van der Waals surface area contributed by atoms with Crippen LogP contribution in [0.15, 0.2) is 43.0 Å². The molecule has 0 saturated carbocycles. The van der Waals surface area contributed by atoms with Gasteiger partial charge in [0.1, 0.15) is 0 Å². The van der Waals surface area contributed by atoms with E-state index in [1.807, 2.05) is 41.4 Å². The van der Waals surface area contributed by atoms with Crippen LogP contribution in [0.25, 0.3) is 0 Å². The Morgan fingerprint density at radius 1 is 1.18 bits per heavy atom. The molecule has 1 aromatic heterocycles. The molecule has 4 nitrogen and oxygen atoms in total. The Bertz CT molecular complexity index is 422. The van der Waals surface area contributed by atoms with E-state index in [2.05, 4.69) is 10.3 Å². The summed E-state index contributed by atoms with van der Waals surface area (Å²) in [6.45, 7) is 2.79. The Kier molecular flexibility index (Phi) is 4.30. The lowest BCUT2D eigenvalue weighted by atomic mass is 10.1. The van der Waals surface area contributed by atoms with Gasteiger partial charge in [0.05, 0.1) is 12.9 Å². The second-order valence-corrected chi connectivity index (χ2v) is 3.95. The maximum absolute atomic E-state index is 8.92. The standard InChI is InChI=1S/C13H17N3O/c17-10-13-3-1-12(2-4-13)9-14-5-7-16-8-6-15-11-16/h1-4,6,8,11,14,17H,5,7,9-10H2. The third-order valence-corrected chi connectivity index (χ3v) is 2.64. The lowest BCUT2D eigenvalue weighted by molar-refractivity contribution is 0.282. The zero-order chi connectivity index (χ0) is 11.9. The van der Waals surface area contributed by atoms with Gasteiger partial charge in [0.2, 0.25) is 0 Å². The van der Waals surface area contributed by atoms with Crippen LogP contribution < -0.4 is 5.32 Å². The van der Waals surface area contributed by atoms with Crippen LogP contribution in [0.4, 0.5) is 0 Å². The van der Waals surface area contributed by atoms with E-state index < -0.39 is 0 Å². The Balaban J connectivity index is 1.70. The van der Waals surface area contributed by atoms with Crippen molar-refractivity contribution < 1.29 is 5.11 Å². The first-order chi connectivity index (χ1) is 8.38. The summed E-state index contributed by atoms with van der Waals surface area (Å²) < 4.78 is 2.04. The Labute approximate surface area is 101 Å². The second-order valence-electron chi connectivity index (χ2n) is 3.95. The molecular formula is C13H17N3O. The highest BCUT2D eigenvalue weighted by molar-refractivity contribution is 5.21. The molecule has 0 fully saturated rings. The predicted octanol–water partition coefficient (Wildman–Crippen LogP) is 1.17. The molecule has 4 heteroatoms. The van der Waals surface area contributed by atoms with Crippen LogP contribution in [0.3, 0.4) is 0 Å². The van der Waals surface area contributed by atoms with Crippen molar-refractivity contribution in [3.05, 3.63) is 54.1 Å². The first-order valence-corrected chi connectivity index (χ1v) is 5.73. The van der Waals surface area contributed by atoms with Crippen molar-refractivity contribution in [2.75, 3.05) is 6.54 Å². The number of hydrogen-bond donors (Lipinski definition) is 2. The van der Waals surface area contributed by atoms with Crippen LogP contribution >= 0.6 is 0 Å². The van der Waals surface area contributed by atoms with Crippen molar-refractivity contribution in [2.24, 2.45) is 0 Å². The van der Waals surface area contributed by atoms with Crippen molar-refractivity contribution in [3.63, 3.8) is 0 Å². The molecule has 0 unspecified atom stereocenters. The van der Waals surface area contributed by atoms with E-state index in [-0.39, 0.29) is 6.61 Å². The Morgan fingerprint density at radius 3 is 2.59 bits per heavy atom. The lowest BCUT2D eigenvalue weighted by Crippen LogP contribution is -2.18. The number of aliphatic hydroxyl groups is 1. The molecule has 2 rings (SSSR count). The van der Waals surface area contributed by atoms with E-state index in [1.54, 1.807) is 6.20 Å². The van der Waals surface area contributed by atoms with E-state index in [1.165, 1.54) is 5.56 Å². The first-order valence-electron chi connectivity index (χ1n) is 5.73. The fourth-order valence-corrected chi connectivity index (χ4v) is 1.62. The molecule has 0 atom stereocenters. The van der Waals surface area contributed by atoms with Gasteiger partial charge in [-0.3, -0.25) is 0 Å². The summed E-state index contributed by atoms with van der Waals surface area (Å²) in [5, 5.41) is 12.3. The van der Waals surface area contributed by atoms with Gasteiger partial charge in [-0.15, -0.1) is 0 Å². The smallest absolute Gasteiger partial charge is 0.0946 e. The van der Waals surface area contributed by atoms with E-state index in [4.69, 9.17) is 5.11 Å². The van der Waals surface area contributed by atoms with Gasteiger partial charge in [0, 0.05) is 32.0 Å². The number of hydrogen-bond acceptors (Lipinski definition) is 3. The highest BCUT2D eigenvalue weighted by atomic mass is 16.3. The molecule has 90 valence electrons. The van der Waals surface area contributed by atoms with Gasteiger partial charge in [-0.05, 0) is 11.1 Å². The zero-order valence-corrected chi connectivity index (χ0v) is 9.71. The molecule has 2 N–H and O–H groups in total. The summed E-state index contributed by atoms with van der Waals surface area (Å²) in [7, 11) is 0. The van der Waals surface area contributed by atoms with Gasteiger partial charge in [0.15, 0.2) is 0 Å². The van der Waals surface area contributed by atoms with Crippen molar-refractivity contribution in [1.82, 2.24) is 14.9 Å². The van der Waals surface area contributed by atoms with E-state index >= 15 is 0 Å². The molecule has 1 heterocycles. The highest BCUT2D eigenvalue weighted by Gasteiger charge is 1.94. The molecule has 0 aliphatic carbocycles. The lowest BCUT2D eigenvalue weighted by Gasteiger charge is -2.06. The molecule has 0 saturated heterocycles. The van der Waals surface area contributed by atoms with Crippen LogP contribution in [0.1, 0.15) is 11.1 Å². The SMILES string of the molecule is OCc1ccc(CNCCn2ccnc2)cc1. The molecule has 0 radical (unpaired) electrons. The van der Waals surface area contributed by atoms with Crippen molar-refractivity contribution in [3.8, 4) is 0 Å². The fourth-order valence-electron chi connectivity index (χ4n) is 1.62. The van der Waals surface area contributed by atoms with Gasteiger partial charge in [-0.1, -0.05) is 24.3 Å². The number of nitrogens with zero attached hydrogens (tertiary/aromatic N) is 2. The number of nitrogens with one attached hydrogen (secondary N) is 1. The average Bonchev–Trinajstić information content (AvgIpc) is 2.88. The number of benzene rings is 1. The molecule has 2 aromatic rings. The Morgan fingerprint density at radius 2 is 1.94 bits per heavy atom. The van der Waals surface area contributed by atoms with Crippen LogP contribution in [0, 0.1) is 0 Å². The van der Waals surface area contributed by atoms with Crippen LogP contribution in [0.2, 0.25) is 0 Å². The van der Waals surface area contributed by atoms with Gasteiger partial charge >= 0.3 is 0 Å². The van der Waals surface area contributed by atoms with E-state index in [0.29, 0.717) is 0 Å². The molecule has 0 amide bonds. The normalized spacial score (nSPS) is 10.6. The average molecular weight is 231 g/mol. The summed E-state index contributed by atoms with van der Waals surface area (Å²) >= 11 is 0. The van der Waals surface area contributed by atoms with Gasteiger partial charge in [-0.25, -0.2) is 4.98 Å². The highest BCUT2D eigenvalue weighted by Crippen LogP contribution is 2.03. The van der Waals surface area contributed by atoms with Crippen LogP contribution in [-0.4, -0.2) is 21.2 Å². The number of aromatic nitrogens is 2. The van der Waals surface area contributed by atoms with Crippen LogP contribution in [0.5, 0.6) is 0 Å². The minimum atomic E-state index is 0.105. The Hall–Kier alpha value is -1.65. The minimum absolute atomic E-state index is 0.105. The fraction of sp³-hybridized carbons (Fsp3) is 0.308. The van der Waals surface area contributed by atoms with E-state index in [9.17, 15) is 0 Å². The third kappa shape index (κ3) is 3.69.